The lowest BCUT2D eigenvalue weighted by Gasteiger charge is -2.14. The van der Waals surface area contributed by atoms with Gasteiger partial charge in [-0.1, -0.05) is 12.1 Å². The molecule has 14 heavy (non-hydrogen) atoms. The Balaban J connectivity index is 2.52. The molecule has 1 aromatic carbocycles. The maximum atomic E-state index is 9.83. The van der Waals surface area contributed by atoms with Gasteiger partial charge < -0.3 is 10.0 Å². The molecule has 0 fully saturated rings. The molecule has 0 saturated heterocycles. The Morgan fingerprint density at radius 1 is 1.29 bits per heavy atom. The maximum absolute atomic E-state index is 9.83. The second-order valence-electron chi connectivity index (χ2n) is 3.66. The smallest absolute Gasteiger partial charge is 0.0802 e. The molecule has 0 radical (unpaired) electrons. The Morgan fingerprint density at radius 2 is 1.86 bits per heavy atom. The van der Waals surface area contributed by atoms with Gasteiger partial charge >= 0.3 is 0 Å². The van der Waals surface area contributed by atoms with Gasteiger partial charge in [0.15, 0.2) is 0 Å². The molecule has 0 heterocycles. The molecular formula is C11H16INO. The van der Waals surface area contributed by atoms with Crippen molar-refractivity contribution in [2.75, 3.05) is 20.6 Å². The molecule has 3 heteroatoms. The zero-order chi connectivity index (χ0) is 10.6. The van der Waals surface area contributed by atoms with Crippen LogP contribution in [0.1, 0.15) is 18.1 Å². The van der Waals surface area contributed by atoms with Crippen molar-refractivity contribution >= 4 is 22.6 Å². The zero-order valence-corrected chi connectivity index (χ0v) is 10.7. The molecule has 0 aliphatic rings. The highest BCUT2D eigenvalue weighted by Crippen LogP contribution is 2.17. The quantitative estimate of drug-likeness (QED) is 0.863. The summed E-state index contributed by atoms with van der Waals surface area (Å²) in [6.07, 6.45) is 0.447. The highest BCUT2D eigenvalue weighted by Gasteiger charge is 2.06. The van der Waals surface area contributed by atoms with E-state index in [4.69, 9.17) is 0 Å². The summed E-state index contributed by atoms with van der Waals surface area (Å²) in [6.45, 7) is 0.910. The monoisotopic (exact) mass is 305 g/mol. The molecule has 0 bridgehead atoms. The summed E-state index contributed by atoms with van der Waals surface area (Å²) < 4.78 is 1.20. The molecule has 1 rings (SSSR count). The maximum Gasteiger partial charge on any atom is 0.0802 e. The molecule has 1 aromatic rings. The van der Waals surface area contributed by atoms with Crippen molar-refractivity contribution in [2.24, 2.45) is 0 Å². The lowest BCUT2D eigenvalue weighted by atomic mass is 10.1. The molecule has 2 nitrogen and oxygen atoms in total. The number of hydrogen-bond acceptors (Lipinski definition) is 2. The largest absolute Gasteiger partial charge is 0.388 e. The minimum absolute atomic E-state index is 0.339. The van der Waals surface area contributed by atoms with E-state index in [0.29, 0.717) is 0 Å². The lowest BCUT2D eigenvalue weighted by Crippen LogP contribution is -2.15. The van der Waals surface area contributed by atoms with Crippen LogP contribution in [0.4, 0.5) is 0 Å². The predicted molar refractivity (Wildman–Crippen MR) is 67.3 cm³/mol. The summed E-state index contributed by atoms with van der Waals surface area (Å²) in [6, 6.07) is 8.02. The molecule has 0 spiro atoms. The highest BCUT2D eigenvalue weighted by molar-refractivity contribution is 14.1. The minimum atomic E-state index is -0.339. The van der Waals surface area contributed by atoms with Crippen LogP contribution in [0.3, 0.4) is 0 Å². The fraction of sp³-hybridized carbons (Fsp3) is 0.455. The fourth-order valence-corrected chi connectivity index (χ4v) is 1.59. The van der Waals surface area contributed by atoms with Gasteiger partial charge in [0, 0.05) is 10.1 Å². The molecule has 1 atom stereocenters. The average molecular weight is 305 g/mol. The van der Waals surface area contributed by atoms with Crippen molar-refractivity contribution in [3.63, 3.8) is 0 Å². The minimum Gasteiger partial charge on any atom is -0.388 e. The van der Waals surface area contributed by atoms with Crippen molar-refractivity contribution in [3.8, 4) is 0 Å². The summed E-state index contributed by atoms with van der Waals surface area (Å²) in [5.41, 5.74) is 1.01. The third-order valence-electron chi connectivity index (χ3n) is 2.10. The highest BCUT2D eigenvalue weighted by atomic mass is 127. The van der Waals surface area contributed by atoms with Gasteiger partial charge in [-0.25, -0.2) is 0 Å². The molecule has 0 saturated carbocycles. The van der Waals surface area contributed by atoms with E-state index >= 15 is 0 Å². The standard InChI is InChI=1S/C11H16INO/c1-13(2)8-7-11(14)9-3-5-10(12)6-4-9/h3-6,11,14H,7-8H2,1-2H3. The van der Waals surface area contributed by atoms with Crippen LogP contribution in [0.15, 0.2) is 24.3 Å². The number of nitrogens with zero attached hydrogens (tertiary/aromatic N) is 1. The Bertz CT molecular complexity index is 271. The number of benzene rings is 1. The van der Waals surface area contributed by atoms with Crippen LogP contribution >= 0.6 is 22.6 Å². The molecule has 0 amide bonds. The van der Waals surface area contributed by atoms with Gasteiger partial charge in [0.1, 0.15) is 0 Å². The zero-order valence-electron chi connectivity index (χ0n) is 8.57. The van der Waals surface area contributed by atoms with Crippen molar-refractivity contribution in [1.82, 2.24) is 4.90 Å². The second kappa shape index (κ2) is 5.68. The molecule has 0 aliphatic heterocycles. The third-order valence-corrected chi connectivity index (χ3v) is 2.82. The third kappa shape index (κ3) is 3.94. The summed E-state index contributed by atoms with van der Waals surface area (Å²) in [4.78, 5) is 2.08. The van der Waals surface area contributed by atoms with Crippen molar-refractivity contribution in [3.05, 3.63) is 33.4 Å². The fourth-order valence-electron chi connectivity index (χ4n) is 1.23. The van der Waals surface area contributed by atoms with Gasteiger partial charge in [-0.05, 0) is 60.8 Å². The average Bonchev–Trinajstić information content (AvgIpc) is 2.15. The van der Waals surface area contributed by atoms with Crippen molar-refractivity contribution in [1.29, 1.82) is 0 Å². The van der Waals surface area contributed by atoms with Crippen LogP contribution in [-0.4, -0.2) is 30.6 Å². The van der Waals surface area contributed by atoms with Crippen molar-refractivity contribution < 1.29 is 5.11 Å². The topological polar surface area (TPSA) is 23.5 Å². The van der Waals surface area contributed by atoms with E-state index in [0.717, 1.165) is 18.5 Å². The number of halogens is 1. The second-order valence-corrected chi connectivity index (χ2v) is 4.90. The molecule has 1 unspecified atom stereocenters. The molecule has 78 valence electrons. The van der Waals surface area contributed by atoms with Crippen LogP contribution in [0.2, 0.25) is 0 Å². The van der Waals surface area contributed by atoms with Gasteiger partial charge in [0.05, 0.1) is 6.10 Å². The Morgan fingerprint density at radius 3 is 2.36 bits per heavy atom. The predicted octanol–water partition coefficient (Wildman–Crippen LogP) is 2.28. The van der Waals surface area contributed by atoms with E-state index in [1.807, 2.05) is 38.4 Å². The van der Waals surface area contributed by atoms with Crippen LogP contribution in [0.25, 0.3) is 0 Å². The normalized spacial score (nSPS) is 13.2. The van der Waals surface area contributed by atoms with E-state index in [-0.39, 0.29) is 6.10 Å². The SMILES string of the molecule is CN(C)CCC(O)c1ccc(I)cc1. The number of aliphatic hydroxyl groups excluding tert-OH is 1. The molecule has 0 aromatic heterocycles. The summed E-state index contributed by atoms with van der Waals surface area (Å²) in [5.74, 6) is 0. The molecular weight excluding hydrogens is 289 g/mol. The number of aliphatic hydroxyl groups is 1. The van der Waals surface area contributed by atoms with E-state index in [2.05, 4.69) is 27.5 Å². The van der Waals surface area contributed by atoms with Crippen LogP contribution in [0, 0.1) is 3.57 Å². The van der Waals surface area contributed by atoms with E-state index in [1.54, 1.807) is 0 Å². The van der Waals surface area contributed by atoms with Crippen LogP contribution in [-0.2, 0) is 0 Å². The lowest BCUT2D eigenvalue weighted by molar-refractivity contribution is 0.154. The van der Waals surface area contributed by atoms with E-state index in [1.165, 1.54) is 3.57 Å². The first-order valence-corrected chi connectivity index (χ1v) is 5.75. The van der Waals surface area contributed by atoms with Gasteiger partial charge in [0.25, 0.3) is 0 Å². The van der Waals surface area contributed by atoms with E-state index < -0.39 is 0 Å². The van der Waals surface area contributed by atoms with E-state index in [9.17, 15) is 5.11 Å². The number of hydrogen-bond donors (Lipinski definition) is 1. The molecule has 0 aliphatic carbocycles. The van der Waals surface area contributed by atoms with Gasteiger partial charge in [-0.15, -0.1) is 0 Å². The first-order valence-electron chi connectivity index (χ1n) is 4.68. The summed E-state index contributed by atoms with van der Waals surface area (Å²) in [5, 5.41) is 9.83. The Labute approximate surface area is 99.1 Å². The summed E-state index contributed by atoms with van der Waals surface area (Å²) >= 11 is 2.26. The van der Waals surface area contributed by atoms with Gasteiger partial charge in [-0.3, -0.25) is 0 Å². The Kier molecular flexibility index (Phi) is 4.84. The first kappa shape index (κ1) is 11.9. The van der Waals surface area contributed by atoms with Crippen LogP contribution < -0.4 is 0 Å². The summed E-state index contributed by atoms with van der Waals surface area (Å²) in [7, 11) is 4.03. The molecule has 1 N–H and O–H groups in total. The number of rotatable bonds is 4. The van der Waals surface area contributed by atoms with Crippen LogP contribution in [0.5, 0.6) is 0 Å². The Hall–Kier alpha value is -0.130. The first-order chi connectivity index (χ1) is 6.59. The van der Waals surface area contributed by atoms with Gasteiger partial charge in [0.2, 0.25) is 0 Å². The van der Waals surface area contributed by atoms with Gasteiger partial charge in [-0.2, -0.15) is 0 Å². The van der Waals surface area contributed by atoms with Crippen molar-refractivity contribution in [2.45, 2.75) is 12.5 Å².